The Morgan fingerprint density at radius 2 is 2.36 bits per heavy atom. The Hall–Kier alpha value is -2.05. The van der Waals surface area contributed by atoms with E-state index in [1.807, 2.05) is 0 Å². The summed E-state index contributed by atoms with van der Waals surface area (Å²) in [6, 6.07) is -0.775. The number of carbonyl (C=O) groups is 2. The number of aromatic nitrogens is 1. The number of carbonyl (C=O) groups excluding carboxylic acids is 1. The van der Waals surface area contributed by atoms with Gasteiger partial charge in [-0.3, -0.25) is 9.69 Å². The molecule has 76 valence electrons. The molecule has 1 aromatic rings. The van der Waals surface area contributed by atoms with Crippen LogP contribution in [-0.2, 0) is 4.79 Å². The maximum atomic E-state index is 10.9. The number of hydrogen-bond acceptors (Lipinski definition) is 4. The number of anilines is 1. The van der Waals surface area contributed by atoms with Crippen LogP contribution in [0.3, 0.4) is 0 Å². The highest BCUT2D eigenvalue weighted by Crippen LogP contribution is 2.12. The number of nitrogens with two attached hydrogens (primary N) is 1. The van der Waals surface area contributed by atoms with E-state index in [0.717, 1.165) is 11.3 Å². The van der Waals surface area contributed by atoms with Crippen molar-refractivity contribution in [2.75, 3.05) is 11.4 Å². The van der Waals surface area contributed by atoms with Gasteiger partial charge in [-0.05, 0) is 0 Å². The minimum absolute atomic E-state index is 0.0418. The third-order valence-electron chi connectivity index (χ3n) is 1.50. The van der Waals surface area contributed by atoms with Crippen LogP contribution in [0.1, 0.15) is 6.42 Å². The fourth-order valence-electron chi connectivity index (χ4n) is 0.879. The van der Waals surface area contributed by atoms with E-state index in [2.05, 4.69) is 4.98 Å². The van der Waals surface area contributed by atoms with Crippen LogP contribution >= 0.6 is 0 Å². The Kier molecular flexibility index (Phi) is 3.05. The second-order valence-corrected chi connectivity index (χ2v) is 2.47. The van der Waals surface area contributed by atoms with Crippen molar-refractivity contribution in [3.05, 3.63) is 12.6 Å². The first kappa shape index (κ1) is 10.0. The molecule has 0 saturated heterocycles. The van der Waals surface area contributed by atoms with Crippen molar-refractivity contribution in [3.63, 3.8) is 0 Å². The molecule has 1 heterocycles. The predicted molar refractivity (Wildman–Crippen MR) is 45.7 cm³/mol. The standard InChI is InChI=1S/C7H9N3O4/c8-7(13)10(2-1-6(11)12)5-3-9-4-14-5/h3-4H,1-2H2,(H2,8,13)(H,11,12). The molecule has 7 heteroatoms. The summed E-state index contributed by atoms with van der Waals surface area (Å²) < 4.78 is 4.81. The number of rotatable bonds is 4. The summed E-state index contributed by atoms with van der Waals surface area (Å²) in [6.45, 7) is -0.0418. The molecule has 0 saturated carbocycles. The number of urea groups is 1. The van der Waals surface area contributed by atoms with E-state index < -0.39 is 12.0 Å². The van der Waals surface area contributed by atoms with Crippen molar-refractivity contribution in [1.29, 1.82) is 0 Å². The lowest BCUT2D eigenvalue weighted by Crippen LogP contribution is -2.37. The van der Waals surface area contributed by atoms with E-state index in [-0.39, 0.29) is 18.8 Å². The number of oxazole rings is 1. The lowest BCUT2D eigenvalue weighted by molar-refractivity contribution is -0.136. The van der Waals surface area contributed by atoms with Crippen LogP contribution < -0.4 is 10.6 Å². The van der Waals surface area contributed by atoms with E-state index in [4.69, 9.17) is 15.3 Å². The van der Waals surface area contributed by atoms with E-state index in [1.165, 1.54) is 6.20 Å². The van der Waals surface area contributed by atoms with Gasteiger partial charge in [0.2, 0.25) is 5.88 Å². The van der Waals surface area contributed by atoms with Gasteiger partial charge in [-0.2, -0.15) is 0 Å². The lowest BCUT2D eigenvalue weighted by atomic mass is 10.4. The number of amides is 2. The minimum atomic E-state index is -1.02. The van der Waals surface area contributed by atoms with Gasteiger partial charge in [0.05, 0.1) is 12.6 Å². The molecule has 0 radical (unpaired) electrons. The lowest BCUT2D eigenvalue weighted by Gasteiger charge is -2.14. The number of hydrogen-bond donors (Lipinski definition) is 2. The summed E-state index contributed by atoms with van der Waals surface area (Å²) in [4.78, 5) is 25.7. The Morgan fingerprint density at radius 3 is 2.79 bits per heavy atom. The summed E-state index contributed by atoms with van der Waals surface area (Å²) >= 11 is 0. The van der Waals surface area contributed by atoms with Crippen LogP contribution in [-0.4, -0.2) is 28.6 Å². The molecule has 0 unspecified atom stereocenters. The van der Waals surface area contributed by atoms with E-state index in [0.29, 0.717) is 0 Å². The molecule has 14 heavy (non-hydrogen) atoms. The molecule has 0 spiro atoms. The van der Waals surface area contributed by atoms with E-state index >= 15 is 0 Å². The highest BCUT2D eigenvalue weighted by Gasteiger charge is 2.16. The summed E-state index contributed by atoms with van der Waals surface area (Å²) in [5, 5.41) is 8.42. The normalized spacial score (nSPS) is 9.71. The van der Waals surface area contributed by atoms with E-state index in [1.54, 1.807) is 0 Å². The number of nitrogens with zero attached hydrogens (tertiary/aromatic N) is 2. The third kappa shape index (κ3) is 2.47. The van der Waals surface area contributed by atoms with Crippen LogP contribution in [0, 0.1) is 0 Å². The van der Waals surface area contributed by atoms with Crippen molar-refractivity contribution in [3.8, 4) is 0 Å². The molecule has 0 aliphatic rings. The summed E-state index contributed by atoms with van der Waals surface area (Å²) in [7, 11) is 0. The molecule has 0 bridgehead atoms. The maximum absolute atomic E-state index is 10.9. The Balaban J connectivity index is 2.66. The third-order valence-corrected chi connectivity index (χ3v) is 1.50. The van der Waals surface area contributed by atoms with Gasteiger partial charge in [0.15, 0.2) is 6.39 Å². The first-order chi connectivity index (χ1) is 6.61. The monoisotopic (exact) mass is 199 g/mol. The van der Waals surface area contributed by atoms with Gasteiger partial charge in [-0.15, -0.1) is 0 Å². The number of carboxylic acids is 1. The van der Waals surface area contributed by atoms with Crippen LogP contribution in [0.5, 0.6) is 0 Å². The predicted octanol–water partition coefficient (Wildman–Crippen LogP) is 0.0344. The first-order valence-corrected chi connectivity index (χ1v) is 3.78. The fraction of sp³-hybridized carbons (Fsp3) is 0.286. The second kappa shape index (κ2) is 4.26. The zero-order valence-electron chi connectivity index (χ0n) is 7.21. The van der Waals surface area contributed by atoms with Crippen LogP contribution in [0.4, 0.5) is 10.7 Å². The van der Waals surface area contributed by atoms with Crippen molar-refractivity contribution in [2.24, 2.45) is 5.73 Å². The molecule has 2 amide bonds. The van der Waals surface area contributed by atoms with Crippen LogP contribution in [0.25, 0.3) is 0 Å². The van der Waals surface area contributed by atoms with Gasteiger partial charge in [0.1, 0.15) is 0 Å². The van der Waals surface area contributed by atoms with Gasteiger partial charge in [-0.1, -0.05) is 0 Å². The van der Waals surface area contributed by atoms with Crippen molar-refractivity contribution in [1.82, 2.24) is 4.98 Å². The molecule has 1 rings (SSSR count). The zero-order chi connectivity index (χ0) is 10.6. The molecule has 0 aromatic carbocycles. The SMILES string of the molecule is NC(=O)N(CCC(=O)O)c1cnco1. The van der Waals surface area contributed by atoms with Gasteiger partial charge in [-0.25, -0.2) is 9.78 Å². The van der Waals surface area contributed by atoms with Crippen LogP contribution in [0.2, 0.25) is 0 Å². The number of primary amides is 1. The zero-order valence-corrected chi connectivity index (χ0v) is 7.21. The Morgan fingerprint density at radius 1 is 1.64 bits per heavy atom. The Labute approximate surface area is 79.1 Å². The number of aliphatic carboxylic acids is 1. The average molecular weight is 199 g/mol. The highest BCUT2D eigenvalue weighted by molar-refractivity contribution is 5.89. The molecular weight excluding hydrogens is 190 g/mol. The van der Waals surface area contributed by atoms with Gasteiger partial charge >= 0.3 is 12.0 Å². The quantitative estimate of drug-likeness (QED) is 0.711. The average Bonchev–Trinajstić information content (AvgIpc) is 2.56. The summed E-state index contributed by atoms with van der Waals surface area (Å²) in [5.74, 6) is -0.880. The smallest absolute Gasteiger partial charge is 0.321 e. The second-order valence-electron chi connectivity index (χ2n) is 2.47. The Bertz CT molecular complexity index is 322. The van der Waals surface area contributed by atoms with Gasteiger partial charge in [0.25, 0.3) is 0 Å². The largest absolute Gasteiger partial charge is 0.481 e. The summed E-state index contributed by atoms with van der Waals surface area (Å²) in [6.07, 6.45) is 2.21. The molecule has 0 atom stereocenters. The van der Waals surface area contributed by atoms with Gasteiger partial charge in [0, 0.05) is 6.54 Å². The van der Waals surface area contributed by atoms with E-state index in [9.17, 15) is 9.59 Å². The molecule has 0 fully saturated rings. The van der Waals surface area contributed by atoms with Crippen LogP contribution in [0.15, 0.2) is 17.0 Å². The molecular formula is C7H9N3O4. The molecule has 0 aliphatic heterocycles. The molecule has 0 aliphatic carbocycles. The van der Waals surface area contributed by atoms with Crippen molar-refractivity contribution < 1.29 is 19.1 Å². The first-order valence-electron chi connectivity index (χ1n) is 3.78. The highest BCUT2D eigenvalue weighted by atomic mass is 16.4. The van der Waals surface area contributed by atoms with Crippen molar-refractivity contribution in [2.45, 2.75) is 6.42 Å². The molecule has 3 N–H and O–H groups in total. The maximum Gasteiger partial charge on any atom is 0.321 e. The summed E-state index contributed by atoms with van der Waals surface area (Å²) in [5.41, 5.74) is 5.02. The minimum Gasteiger partial charge on any atom is -0.481 e. The number of carboxylic acid groups (broad SMARTS) is 1. The molecule has 7 nitrogen and oxygen atoms in total. The fourth-order valence-corrected chi connectivity index (χ4v) is 0.879. The van der Waals surface area contributed by atoms with Crippen molar-refractivity contribution >= 4 is 17.9 Å². The van der Waals surface area contributed by atoms with Gasteiger partial charge < -0.3 is 15.3 Å². The topological polar surface area (TPSA) is 110 Å². The molecule has 1 aromatic heterocycles.